The van der Waals surface area contributed by atoms with E-state index in [9.17, 15) is 18.7 Å². The van der Waals surface area contributed by atoms with Gasteiger partial charge in [-0.1, -0.05) is 13.0 Å². The second-order valence-electron chi connectivity index (χ2n) is 4.77. The molecule has 2 atom stereocenters. The Balaban J connectivity index is 2.51. The van der Waals surface area contributed by atoms with Gasteiger partial charge in [0.25, 0.3) is 0 Å². The summed E-state index contributed by atoms with van der Waals surface area (Å²) in [6.07, 6.45) is 2.54. The highest BCUT2D eigenvalue weighted by atomic mass is 19.1. The summed E-state index contributed by atoms with van der Waals surface area (Å²) < 4.78 is 28.3. The zero-order valence-corrected chi connectivity index (χ0v) is 11.2. The van der Waals surface area contributed by atoms with Crippen LogP contribution in [-0.2, 0) is 16.9 Å². The van der Waals surface area contributed by atoms with Crippen molar-refractivity contribution in [1.29, 1.82) is 0 Å². The summed E-state index contributed by atoms with van der Waals surface area (Å²) in [4.78, 5) is 15.2. The molecule has 112 valence electrons. The van der Waals surface area contributed by atoms with Crippen LogP contribution >= 0.6 is 0 Å². The summed E-state index contributed by atoms with van der Waals surface area (Å²) in [5.74, 6) is -3.69. The number of amides is 1. The monoisotopic (exact) mass is 296 g/mol. The fourth-order valence-electron chi connectivity index (χ4n) is 2.09. The first kappa shape index (κ1) is 15.0. The molecule has 8 heteroatoms. The van der Waals surface area contributed by atoms with E-state index in [2.05, 4.69) is 10.1 Å². The molecular formula is C13H14F2N4O2. The molecule has 6 nitrogen and oxygen atoms in total. The van der Waals surface area contributed by atoms with Crippen molar-refractivity contribution in [3.8, 4) is 0 Å². The Morgan fingerprint density at radius 3 is 2.76 bits per heavy atom. The normalized spacial score (nSPS) is 15.4. The van der Waals surface area contributed by atoms with E-state index in [1.165, 1.54) is 24.3 Å². The second kappa shape index (κ2) is 5.57. The van der Waals surface area contributed by atoms with E-state index >= 15 is 0 Å². The average molecular weight is 296 g/mol. The molecule has 3 N–H and O–H groups in total. The standard InChI is InChI=1S/C13H14F2N4O2/c1-8(12(16)20)13(21,5-19-7-17-6-18-19)10-3-2-9(14)4-11(10)15/h2-4,6-8,21H,5H2,1H3,(H2,16,20)/t8-,13+/m0/s1. The maximum absolute atomic E-state index is 14.0. The van der Waals surface area contributed by atoms with Crippen molar-refractivity contribution in [1.82, 2.24) is 14.8 Å². The van der Waals surface area contributed by atoms with Gasteiger partial charge in [-0.25, -0.2) is 18.4 Å². The Labute approximate surface area is 119 Å². The van der Waals surface area contributed by atoms with Crippen LogP contribution < -0.4 is 5.73 Å². The Morgan fingerprint density at radius 2 is 2.24 bits per heavy atom. The molecule has 0 spiro atoms. The molecule has 0 unspecified atom stereocenters. The van der Waals surface area contributed by atoms with Crippen LogP contribution in [0.4, 0.5) is 8.78 Å². The summed E-state index contributed by atoms with van der Waals surface area (Å²) in [6, 6.07) is 2.72. The van der Waals surface area contributed by atoms with Crippen LogP contribution in [-0.4, -0.2) is 25.8 Å². The average Bonchev–Trinajstić information content (AvgIpc) is 2.89. The Kier molecular flexibility index (Phi) is 3.99. The van der Waals surface area contributed by atoms with Gasteiger partial charge in [-0.3, -0.25) is 4.79 Å². The molecule has 0 aliphatic rings. The molecule has 21 heavy (non-hydrogen) atoms. The topological polar surface area (TPSA) is 94.0 Å². The first-order valence-electron chi connectivity index (χ1n) is 6.14. The van der Waals surface area contributed by atoms with E-state index in [4.69, 9.17) is 5.73 Å². The molecule has 1 aromatic heterocycles. The van der Waals surface area contributed by atoms with Crippen LogP contribution in [0.3, 0.4) is 0 Å². The van der Waals surface area contributed by atoms with Gasteiger partial charge in [-0.15, -0.1) is 0 Å². The zero-order valence-electron chi connectivity index (χ0n) is 11.2. The third kappa shape index (κ3) is 2.89. The van der Waals surface area contributed by atoms with Gasteiger partial charge in [-0.2, -0.15) is 5.10 Å². The van der Waals surface area contributed by atoms with E-state index in [1.807, 2.05) is 0 Å². The van der Waals surface area contributed by atoms with Crippen molar-refractivity contribution < 1.29 is 18.7 Å². The Hall–Kier alpha value is -2.35. The molecule has 0 radical (unpaired) electrons. The van der Waals surface area contributed by atoms with Gasteiger partial charge in [0.1, 0.15) is 29.9 Å². The van der Waals surface area contributed by atoms with Crippen molar-refractivity contribution >= 4 is 5.91 Å². The van der Waals surface area contributed by atoms with Crippen LogP contribution in [0.1, 0.15) is 12.5 Å². The predicted octanol–water partition coefficient (Wildman–Crippen LogP) is 0.565. The fourth-order valence-corrected chi connectivity index (χ4v) is 2.09. The summed E-state index contributed by atoms with van der Waals surface area (Å²) in [5, 5.41) is 14.6. The summed E-state index contributed by atoms with van der Waals surface area (Å²) in [6.45, 7) is 1.11. The number of benzene rings is 1. The molecule has 0 fully saturated rings. The lowest BCUT2D eigenvalue weighted by molar-refractivity contribution is -0.133. The first-order valence-corrected chi connectivity index (χ1v) is 6.14. The maximum Gasteiger partial charge on any atom is 0.223 e. The number of carbonyl (C=O) groups is 1. The molecular weight excluding hydrogens is 282 g/mol. The van der Waals surface area contributed by atoms with Crippen LogP contribution in [0, 0.1) is 17.6 Å². The van der Waals surface area contributed by atoms with Gasteiger partial charge in [0.2, 0.25) is 5.91 Å². The molecule has 0 saturated heterocycles. The van der Waals surface area contributed by atoms with Crippen molar-refractivity contribution in [3.05, 3.63) is 48.1 Å². The van der Waals surface area contributed by atoms with Crippen molar-refractivity contribution in [2.24, 2.45) is 11.7 Å². The molecule has 0 aliphatic heterocycles. The molecule has 0 aliphatic carbocycles. The van der Waals surface area contributed by atoms with E-state index in [0.717, 1.165) is 12.1 Å². The lowest BCUT2D eigenvalue weighted by Crippen LogP contribution is -2.45. The molecule has 1 amide bonds. The molecule has 0 saturated carbocycles. The quantitative estimate of drug-likeness (QED) is 0.843. The fraction of sp³-hybridized carbons (Fsp3) is 0.308. The molecule has 2 rings (SSSR count). The lowest BCUT2D eigenvalue weighted by Gasteiger charge is -2.33. The minimum Gasteiger partial charge on any atom is -0.382 e. The molecule has 1 heterocycles. The van der Waals surface area contributed by atoms with Gasteiger partial charge >= 0.3 is 0 Å². The summed E-state index contributed by atoms with van der Waals surface area (Å²) >= 11 is 0. The van der Waals surface area contributed by atoms with E-state index in [-0.39, 0.29) is 12.1 Å². The van der Waals surface area contributed by atoms with E-state index in [1.54, 1.807) is 0 Å². The number of hydrogen-bond donors (Lipinski definition) is 2. The third-order valence-corrected chi connectivity index (χ3v) is 3.41. The highest BCUT2D eigenvalue weighted by molar-refractivity contribution is 5.77. The summed E-state index contributed by atoms with van der Waals surface area (Å²) in [5.41, 5.74) is 3.02. The SMILES string of the molecule is C[C@@H](C(N)=O)[C@](O)(Cn1cncn1)c1ccc(F)cc1F. The van der Waals surface area contributed by atoms with Gasteiger partial charge in [0.05, 0.1) is 12.5 Å². The van der Waals surface area contributed by atoms with Gasteiger partial charge in [0, 0.05) is 11.6 Å². The first-order chi connectivity index (χ1) is 9.84. The summed E-state index contributed by atoms with van der Waals surface area (Å²) in [7, 11) is 0. The predicted molar refractivity (Wildman–Crippen MR) is 68.6 cm³/mol. The molecule has 0 bridgehead atoms. The van der Waals surface area contributed by atoms with Gasteiger partial charge in [0.15, 0.2) is 0 Å². The number of aliphatic hydroxyl groups is 1. The van der Waals surface area contributed by atoms with Gasteiger partial charge < -0.3 is 10.8 Å². The molecule has 2 aromatic rings. The maximum atomic E-state index is 14.0. The number of nitrogens with two attached hydrogens (primary N) is 1. The third-order valence-electron chi connectivity index (χ3n) is 3.41. The highest BCUT2D eigenvalue weighted by Crippen LogP contribution is 2.33. The minimum atomic E-state index is -1.97. The zero-order chi connectivity index (χ0) is 15.6. The van der Waals surface area contributed by atoms with E-state index in [0.29, 0.717) is 6.07 Å². The second-order valence-corrected chi connectivity index (χ2v) is 4.77. The number of carbonyl (C=O) groups excluding carboxylic acids is 1. The number of halogens is 2. The van der Waals surface area contributed by atoms with Crippen LogP contribution in [0.25, 0.3) is 0 Å². The Bertz CT molecular complexity index is 648. The number of rotatable bonds is 5. The van der Waals surface area contributed by atoms with Crippen molar-refractivity contribution in [2.45, 2.75) is 19.1 Å². The Morgan fingerprint density at radius 1 is 1.52 bits per heavy atom. The number of primary amides is 1. The largest absolute Gasteiger partial charge is 0.382 e. The molecule has 1 aromatic carbocycles. The van der Waals surface area contributed by atoms with Crippen molar-refractivity contribution in [3.63, 3.8) is 0 Å². The van der Waals surface area contributed by atoms with Crippen molar-refractivity contribution in [2.75, 3.05) is 0 Å². The van der Waals surface area contributed by atoms with Crippen LogP contribution in [0.15, 0.2) is 30.9 Å². The minimum absolute atomic E-state index is 0.231. The van der Waals surface area contributed by atoms with E-state index < -0.39 is 29.1 Å². The smallest absolute Gasteiger partial charge is 0.223 e. The highest BCUT2D eigenvalue weighted by Gasteiger charge is 2.41. The van der Waals surface area contributed by atoms with Crippen LogP contribution in [0.2, 0.25) is 0 Å². The number of nitrogens with zero attached hydrogens (tertiary/aromatic N) is 3. The number of aromatic nitrogens is 3. The van der Waals surface area contributed by atoms with Gasteiger partial charge in [-0.05, 0) is 6.07 Å². The van der Waals surface area contributed by atoms with Crippen LogP contribution in [0.5, 0.6) is 0 Å². The number of hydrogen-bond acceptors (Lipinski definition) is 4. The lowest BCUT2D eigenvalue weighted by atomic mass is 9.81.